The summed E-state index contributed by atoms with van der Waals surface area (Å²) in [5, 5.41) is 4.48. The number of hydrogen-bond donors (Lipinski definition) is 1. The molecule has 3 heterocycles. The predicted octanol–water partition coefficient (Wildman–Crippen LogP) is 3.97. The van der Waals surface area contributed by atoms with Crippen molar-refractivity contribution >= 4 is 34.5 Å². The van der Waals surface area contributed by atoms with Gasteiger partial charge >= 0.3 is 6.18 Å². The van der Waals surface area contributed by atoms with Gasteiger partial charge in [0.2, 0.25) is 11.8 Å². The molecule has 0 aliphatic carbocycles. The fourth-order valence-electron chi connectivity index (χ4n) is 4.02. The molecule has 2 aromatic rings. The number of benzene rings is 1. The third kappa shape index (κ3) is 3.76. The molecule has 2 aliphatic rings. The highest BCUT2D eigenvalue weighted by molar-refractivity contribution is 7.10. The molecule has 0 saturated carbocycles. The van der Waals surface area contributed by atoms with Crippen molar-refractivity contribution < 1.29 is 22.8 Å². The number of thiophene rings is 1. The van der Waals surface area contributed by atoms with E-state index >= 15 is 0 Å². The Morgan fingerprint density at radius 2 is 2.03 bits per heavy atom. The Kier molecular flexibility index (Phi) is 5.12. The normalized spacial score (nSPS) is 22.5. The first-order valence-corrected chi connectivity index (χ1v) is 10.2. The van der Waals surface area contributed by atoms with E-state index in [1.165, 1.54) is 17.0 Å². The van der Waals surface area contributed by atoms with Crippen LogP contribution in [0.25, 0.3) is 0 Å². The van der Waals surface area contributed by atoms with Gasteiger partial charge in [-0.2, -0.15) is 13.2 Å². The molecule has 1 aromatic heterocycles. The minimum absolute atomic E-state index is 0.0553. The molecular formula is C20H20F3N3O2S. The zero-order valence-electron chi connectivity index (χ0n) is 15.7. The zero-order valence-corrected chi connectivity index (χ0v) is 16.5. The second kappa shape index (κ2) is 7.46. The molecule has 154 valence electrons. The van der Waals surface area contributed by atoms with Gasteiger partial charge in [-0.05, 0) is 42.5 Å². The first-order valence-electron chi connectivity index (χ1n) is 9.33. The van der Waals surface area contributed by atoms with Gasteiger partial charge in [0.15, 0.2) is 0 Å². The van der Waals surface area contributed by atoms with Crippen molar-refractivity contribution in [2.45, 2.75) is 38.0 Å². The van der Waals surface area contributed by atoms with E-state index in [4.69, 9.17) is 0 Å². The van der Waals surface area contributed by atoms with Crippen LogP contribution in [0.3, 0.4) is 0 Å². The Bertz CT molecular complexity index is 943. The molecule has 2 atom stereocenters. The predicted molar refractivity (Wildman–Crippen MR) is 105 cm³/mol. The van der Waals surface area contributed by atoms with Crippen molar-refractivity contribution in [2.24, 2.45) is 0 Å². The fraction of sp³-hybridized carbons (Fsp3) is 0.400. The van der Waals surface area contributed by atoms with Gasteiger partial charge in [-0.15, -0.1) is 11.3 Å². The minimum Gasteiger partial charge on any atom is -0.324 e. The number of amides is 2. The van der Waals surface area contributed by atoms with Crippen molar-refractivity contribution in [1.29, 1.82) is 0 Å². The third-order valence-corrected chi connectivity index (χ3v) is 6.51. The van der Waals surface area contributed by atoms with Gasteiger partial charge in [-0.1, -0.05) is 12.1 Å². The van der Waals surface area contributed by atoms with E-state index in [0.29, 0.717) is 6.54 Å². The minimum atomic E-state index is -4.72. The van der Waals surface area contributed by atoms with Crippen LogP contribution >= 0.6 is 11.3 Å². The average Bonchev–Trinajstić information content (AvgIpc) is 3.07. The molecule has 1 N–H and O–H groups in total. The molecular weight excluding hydrogens is 403 g/mol. The number of para-hydroxylation sites is 2. The maximum Gasteiger partial charge on any atom is 0.409 e. The molecule has 0 saturated heterocycles. The summed E-state index contributed by atoms with van der Waals surface area (Å²) in [5.74, 6) is -1.42. The molecule has 2 amide bonds. The number of fused-ring (bicyclic) bond motifs is 2. The number of rotatable bonds is 2. The largest absolute Gasteiger partial charge is 0.409 e. The number of halogens is 3. The molecule has 4 rings (SSSR count). The molecule has 2 aliphatic heterocycles. The summed E-state index contributed by atoms with van der Waals surface area (Å²) < 4.78 is 41.5. The van der Waals surface area contributed by atoms with Gasteiger partial charge < -0.3 is 5.32 Å². The molecule has 5 nitrogen and oxygen atoms in total. The number of carbonyl (C=O) groups excluding carboxylic acids is 2. The summed E-state index contributed by atoms with van der Waals surface area (Å²) in [6, 6.07) is 5.87. The lowest BCUT2D eigenvalue weighted by molar-refractivity contribution is -0.158. The molecule has 0 spiro atoms. The first-order chi connectivity index (χ1) is 13.8. The fourth-order valence-corrected chi connectivity index (χ4v) is 4.99. The Hall–Kier alpha value is -2.39. The first kappa shape index (κ1) is 19.9. The van der Waals surface area contributed by atoms with Crippen LogP contribution in [0.15, 0.2) is 35.7 Å². The van der Waals surface area contributed by atoms with Gasteiger partial charge in [-0.3, -0.25) is 19.4 Å². The van der Waals surface area contributed by atoms with Crippen LogP contribution in [-0.2, 0) is 16.0 Å². The highest BCUT2D eigenvalue weighted by atomic mass is 32.1. The van der Waals surface area contributed by atoms with Crippen LogP contribution < -0.4 is 10.2 Å². The van der Waals surface area contributed by atoms with Crippen molar-refractivity contribution in [2.75, 3.05) is 23.3 Å². The van der Waals surface area contributed by atoms with E-state index in [2.05, 4.69) is 5.32 Å². The van der Waals surface area contributed by atoms with Crippen molar-refractivity contribution in [3.63, 3.8) is 0 Å². The average molecular weight is 423 g/mol. The summed E-state index contributed by atoms with van der Waals surface area (Å²) in [5.41, 5.74) is 1.41. The Labute approximate surface area is 170 Å². The van der Waals surface area contributed by atoms with Crippen LogP contribution in [0.1, 0.15) is 29.8 Å². The quantitative estimate of drug-likeness (QED) is 0.795. The highest BCUT2D eigenvalue weighted by Crippen LogP contribution is 2.38. The van der Waals surface area contributed by atoms with Gasteiger partial charge in [-0.25, -0.2) is 0 Å². The summed E-state index contributed by atoms with van der Waals surface area (Å²) >= 11 is 1.66. The third-order valence-electron chi connectivity index (χ3n) is 5.52. The van der Waals surface area contributed by atoms with Crippen molar-refractivity contribution in [3.05, 3.63) is 46.2 Å². The van der Waals surface area contributed by atoms with Crippen LogP contribution in [0.5, 0.6) is 0 Å². The van der Waals surface area contributed by atoms with E-state index in [9.17, 15) is 22.8 Å². The van der Waals surface area contributed by atoms with Gasteiger partial charge in [0.05, 0.1) is 24.3 Å². The second-order valence-corrected chi connectivity index (χ2v) is 8.29. The standard InChI is InChI=1S/C20H20F3N3O2S/c1-12-13-7-9-29-16(13)6-8-25(12)11-19(28)26-15-5-3-2-4-14(15)24-18(27)10-17(26)20(21,22)23/h2-5,7,9,12,17H,6,8,10-11H2,1H3,(H,24,27)/t12-,17-/m0/s1. The van der Waals surface area contributed by atoms with Gasteiger partial charge in [0.25, 0.3) is 0 Å². The molecule has 0 unspecified atom stereocenters. The maximum absolute atomic E-state index is 13.8. The van der Waals surface area contributed by atoms with Gasteiger partial charge in [0, 0.05) is 17.5 Å². The lowest BCUT2D eigenvalue weighted by atomic mass is 10.0. The summed E-state index contributed by atoms with van der Waals surface area (Å²) in [6.45, 7) is 2.41. The SMILES string of the molecule is C[C@H]1c2ccsc2CCN1CC(=O)N1c2ccccc2NC(=O)C[C@H]1C(F)(F)F. The van der Waals surface area contributed by atoms with Crippen LogP contribution in [-0.4, -0.2) is 42.0 Å². The van der Waals surface area contributed by atoms with E-state index in [1.807, 2.05) is 23.3 Å². The molecule has 29 heavy (non-hydrogen) atoms. The van der Waals surface area contributed by atoms with Crippen LogP contribution in [0.2, 0.25) is 0 Å². The molecule has 0 fully saturated rings. The number of anilines is 2. The summed E-state index contributed by atoms with van der Waals surface area (Å²) in [4.78, 5) is 29.2. The van der Waals surface area contributed by atoms with Crippen molar-refractivity contribution in [1.82, 2.24) is 4.90 Å². The van der Waals surface area contributed by atoms with E-state index in [0.717, 1.165) is 16.9 Å². The van der Waals surface area contributed by atoms with Gasteiger partial charge in [0.1, 0.15) is 6.04 Å². The number of carbonyl (C=O) groups is 2. The molecule has 1 aromatic carbocycles. The highest BCUT2D eigenvalue weighted by Gasteiger charge is 2.49. The molecule has 0 radical (unpaired) electrons. The van der Waals surface area contributed by atoms with E-state index in [-0.39, 0.29) is 24.0 Å². The lowest BCUT2D eigenvalue weighted by Gasteiger charge is -2.37. The number of alkyl halides is 3. The number of nitrogens with one attached hydrogen (secondary N) is 1. The van der Waals surface area contributed by atoms with Crippen LogP contribution in [0, 0.1) is 0 Å². The number of nitrogens with zero attached hydrogens (tertiary/aromatic N) is 2. The smallest absolute Gasteiger partial charge is 0.324 e. The topological polar surface area (TPSA) is 52.7 Å². The monoisotopic (exact) mass is 423 g/mol. The summed E-state index contributed by atoms with van der Waals surface area (Å²) in [6.07, 6.45) is -4.78. The second-order valence-electron chi connectivity index (χ2n) is 7.29. The Morgan fingerprint density at radius 3 is 2.79 bits per heavy atom. The molecule has 9 heteroatoms. The van der Waals surface area contributed by atoms with E-state index < -0.39 is 30.5 Å². The zero-order chi connectivity index (χ0) is 20.8. The van der Waals surface area contributed by atoms with Crippen LogP contribution in [0.4, 0.5) is 24.5 Å². The summed E-state index contributed by atoms with van der Waals surface area (Å²) in [7, 11) is 0. The Morgan fingerprint density at radius 1 is 1.28 bits per heavy atom. The Balaban J connectivity index is 1.66. The van der Waals surface area contributed by atoms with Crippen molar-refractivity contribution in [3.8, 4) is 0 Å². The lowest BCUT2D eigenvalue weighted by Crippen LogP contribution is -2.53. The van der Waals surface area contributed by atoms with E-state index in [1.54, 1.807) is 23.5 Å². The molecule has 0 bridgehead atoms. The maximum atomic E-state index is 13.8. The number of hydrogen-bond acceptors (Lipinski definition) is 4.